The van der Waals surface area contributed by atoms with Crippen molar-refractivity contribution in [2.24, 2.45) is 10.2 Å². The lowest BCUT2D eigenvalue weighted by molar-refractivity contribution is 0.453. The Hall–Kier alpha value is -2.44. The van der Waals surface area contributed by atoms with Gasteiger partial charge in [-0.1, -0.05) is 12.1 Å². The van der Waals surface area contributed by atoms with Gasteiger partial charge in [-0.15, -0.1) is 10.2 Å². The van der Waals surface area contributed by atoms with E-state index in [1.807, 2.05) is 0 Å². The van der Waals surface area contributed by atoms with Crippen LogP contribution < -0.4 is 5.56 Å². The van der Waals surface area contributed by atoms with Crippen LogP contribution >= 0.6 is 0 Å². The number of nitrogens with zero attached hydrogens (tertiary/aromatic N) is 2. The average Bonchev–Trinajstić information content (AvgIpc) is 2.58. The van der Waals surface area contributed by atoms with Gasteiger partial charge in [0.1, 0.15) is 5.69 Å². The van der Waals surface area contributed by atoms with Crippen molar-refractivity contribution in [2.75, 3.05) is 0 Å². The van der Waals surface area contributed by atoms with Crippen molar-refractivity contribution < 1.29 is 9.50 Å². The molecule has 0 bridgehead atoms. The molecule has 0 spiro atoms. The normalized spacial score (nSPS) is 11.1. The van der Waals surface area contributed by atoms with E-state index in [2.05, 4.69) is 20.4 Å². The summed E-state index contributed by atoms with van der Waals surface area (Å²) in [4.78, 5) is 11.1. The standard InChI is InChI=1S/C9H7FN4O2/c10-5-3-1-2-4-6(5)11-12-7-8(15)13-14-9(7)16/h1-4H,(H3,13,14,15,16). The van der Waals surface area contributed by atoms with Crippen molar-refractivity contribution in [3.05, 3.63) is 40.4 Å². The molecule has 0 aliphatic heterocycles. The molecule has 0 aliphatic rings. The van der Waals surface area contributed by atoms with Gasteiger partial charge in [0.05, 0.1) is 0 Å². The fourth-order valence-electron chi connectivity index (χ4n) is 1.07. The van der Waals surface area contributed by atoms with Gasteiger partial charge in [0.25, 0.3) is 5.56 Å². The lowest BCUT2D eigenvalue weighted by Crippen LogP contribution is -1.96. The van der Waals surface area contributed by atoms with Crippen LogP contribution in [0, 0.1) is 5.82 Å². The van der Waals surface area contributed by atoms with Crippen LogP contribution in [0.4, 0.5) is 15.8 Å². The van der Waals surface area contributed by atoms with E-state index in [-0.39, 0.29) is 11.4 Å². The molecule has 82 valence electrons. The van der Waals surface area contributed by atoms with E-state index in [0.717, 1.165) is 0 Å². The summed E-state index contributed by atoms with van der Waals surface area (Å²) < 4.78 is 13.1. The lowest BCUT2D eigenvalue weighted by Gasteiger charge is -1.92. The van der Waals surface area contributed by atoms with E-state index < -0.39 is 17.3 Å². The van der Waals surface area contributed by atoms with E-state index in [9.17, 15) is 9.18 Å². The molecule has 1 heterocycles. The molecular weight excluding hydrogens is 215 g/mol. The molecule has 0 atom stereocenters. The zero-order valence-corrected chi connectivity index (χ0v) is 7.94. The molecule has 0 aliphatic carbocycles. The maximum Gasteiger partial charge on any atom is 0.295 e. The molecule has 0 radical (unpaired) electrons. The highest BCUT2D eigenvalue weighted by atomic mass is 19.1. The van der Waals surface area contributed by atoms with Crippen molar-refractivity contribution in [1.29, 1.82) is 0 Å². The minimum Gasteiger partial charge on any atom is -0.492 e. The zero-order chi connectivity index (χ0) is 11.5. The van der Waals surface area contributed by atoms with Gasteiger partial charge in [-0.25, -0.2) is 4.39 Å². The second-order valence-corrected chi connectivity index (χ2v) is 2.93. The summed E-state index contributed by atoms with van der Waals surface area (Å²) in [6.07, 6.45) is 0. The van der Waals surface area contributed by atoms with Gasteiger partial charge in [0.2, 0.25) is 11.6 Å². The Morgan fingerprint density at radius 1 is 1.19 bits per heavy atom. The Morgan fingerprint density at radius 2 is 1.94 bits per heavy atom. The zero-order valence-electron chi connectivity index (χ0n) is 7.94. The minimum absolute atomic E-state index is 0.0116. The fourth-order valence-corrected chi connectivity index (χ4v) is 1.07. The first-order chi connectivity index (χ1) is 7.68. The number of hydrogen-bond donors (Lipinski definition) is 3. The van der Waals surface area contributed by atoms with Crippen LogP contribution in [0.5, 0.6) is 5.88 Å². The first kappa shape index (κ1) is 10.1. The quantitative estimate of drug-likeness (QED) is 0.677. The molecule has 3 N–H and O–H groups in total. The summed E-state index contributed by atoms with van der Waals surface area (Å²) in [5.74, 6) is -0.997. The molecule has 1 aromatic carbocycles. The summed E-state index contributed by atoms with van der Waals surface area (Å²) in [6, 6.07) is 5.71. The highest BCUT2D eigenvalue weighted by molar-refractivity contribution is 5.44. The predicted molar refractivity (Wildman–Crippen MR) is 53.7 cm³/mol. The summed E-state index contributed by atoms with van der Waals surface area (Å²) in [6.45, 7) is 0. The maximum absolute atomic E-state index is 13.1. The van der Waals surface area contributed by atoms with Gasteiger partial charge < -0.3 is 5.11 Å². The van der Waals surface area contributed by atoms with Crippen LogP contribution in [-0.4, -0.2) is 15.3 Å². The summed E-state index contributed by atoms with van der Waals surface area (Å²) in [7, 11) is 0. The molecule has 6 nitrogen and oxygen atoms in total. The highest BCUT2D eigenvalue weighted by Crippen LogP contribution is 2.22. The Kier molecular flexibility index (Phi) is 2.50. The van der Waals surface area contributed by atoms with Crippen molar-refractivity contribution in [3.8, 4) is 5.88 Å². The van der Waals surface area contributed by atoms with Crippen LogP contribution in [0.1, 0.15) is 0 Å². The van der Waals surface area contributed by atoms with E-state index in [1.54, 1.807) is 6.07 Å². The van der Waals surface area contributed by atoms with Gasteiger partial charge in [-0.2, -0.15) is 0 Å². The molecular formula is C9H7FN4O2. The third-order valence-electron chi connectivity index (χ3n) is 1.84. The number of aromatic amines is 2. The van der Waals surface area contributed by atoms with Gasteiger partial charge in [0.15, 0.2) is 5.82 Å². The van der Waals surface area contributed by atoms with E-state index in [4.69, 9.17) is 5.11 Å². The minimum atomic E-state index is -0.627. The lowest BCUT2D eigenvalue weighted by atomic mass is 10.3. The number of benzene rings is 1. The Balaban J connectivity index is 2.36. The molecule has 2 aromatic rings. The largest absolute Gasteiger partial charge is 0.492 e. The molecule has 16 heavy (non-hydrogen) atoms. The van der Waals surface area contributed by atoms with Gasteiger partial charge in [-0.3, -0.25) is 15.0 Å². The number of azo groups is 1. The van der Waals surface area contributed by atoms with Crippen LogP contribution in [0.25, 0.3) is 0 Å². The molecule has 0 fully saturated rings. The van der Waals surface area contributed by atoms with E-state index >= 15 is 0 Å². The predicted octanol–water partition coefficient (Wildman–Crippen LogP) is 1.96. The Morgan fingerprint density at radius 3 is 2.56 bits per heavy atom. The Labute approximate surface area is 88.5 Å². The van der Waals surface area contributed by atoms with Gasteiger partial charge in [-0.05, 0) is 12.1 Å². The summed E-state index contributed by atoms with van der Waals surface area (Å²) in [5.41, 5.74) is -0.927. The third-order valence-corrected chi connectivity index (χ3v) is 1.84. The van der Waals surface area contributed by atoms with Gasteiger partial charge in [0, 0.05) is 0 Å². The fraction of sp³-hybridized carbons (Fsp3) is 0. The van der Waals surface area contributed by atoms with Crippen molar-refractivity contribution in [2.45, 2.75) is 0 Å². The average molecular weight is 222 g/mol. The highest BCUT2D eigenvalue weighted by Gasteiger charge is 2.07. The van der Waals surface area contributed by atoms with Crippen LogP contribution in [0.3, 0.4) is 0 Å². The third kappa shape index (κ3) is 1.83. The van der Waals surface area contributed by atoms with Gasteiger partial charge >= 0.3 is 0 Å². The first-order valence-electron chi connectivity index (χ1n) is 4.34. The van der Waals surface area contributed by atoms with Crippen LogP contribution in [0.15, 0.2) is 39.3 Å². The van der Waals surface area contributed by atoms with Crippen molar-refractivity contribution >= 4 is 11.4 Å². The number of aromatic nitrogens is 2. The first-order valence-corrected chi connectivity index (χ1v) is 4.34. The van der Waals surface area contributed by atoms with E-state index in [0.29, 0.717) is 0 Å². The maximum atomic E-state index is 13.1. The number of rotatable bonds is 2. The summed E-state index contributed by atoms with van der Waals surface area (Å²) in [5, 5.41) is 20.4. The van der Waals surface area contributed by atoms with Crippen LogP contribution in [0.2, 0.25) is 0 Å². The molecule has 0 saturated carbocycles. The smallest absolute Gasteiger partial charge is 0.295 e. The molecule has 7 heteroatoms. The van der Waals surface area contributed by atoms with Crippen LogP contribution in [-0.2, 0) is 0 Å². The molecule has 2 rings (SSSR count). The van der Waals surface area contributed by atoms with Crippen molar-refractivity contribution in [1.82, 2.24) is 10.2 Å². The topological polar surface area (TPSA) is 93.6 Å². The summed E-state index contributed by atoms with van der Waals surface area (Å²) >= 11 is 0. The Bertz CT molecular complexity index is 587. The second kappa shape index (κ2) is 3.97. The second-order valence-electron chi connectivity index (χ2n) is 2.93. The number of nitrogens with one attached hydrogen (secondary N) is 2. The number of halogens is 1. The number of hydrogen-bond acceptors (Lipinski definition) is 4. The SMILES string of the molecule is O=c1[nH][nH]c(O)c1N=Nc1ccccc1F. The molecule has 0 saturated heterocycles. The molecule has 1 aromatic heterocycles. The molecule has 0 unspecified atom stereocenters. The number of aromatic hydroxyl groups is 1. The monoisotopic (exact) mass is 222 g/mol. The van der Waals surface area contributed by atoms with E-state index in [1.165, 1.54) is 18.2 Å². The van der Waals surface area contributed by atoms with Crippen molar-refractivity contribution in [3.63, 3.8) is 0 Å². The molecule has 0 amide bonds. The number of H-pyrrole nitrogens is 2.